The van der Waals surface area contributed by atoms with Gasteiger partial charge in [0.05, 0.1) is 34.9 Å². The molecule has 0 fully saturated rings. The zero-order chi connectivity index (χ0) is 24.9. The molecule has 0 saturated heterocycles. The molecule has 3 aromatic rings. The van der Waals surface area contributed by atoms with E-state index in [0.29, 0.717) is 5.76 Å². The number of methoxy groups -OCH3 is 1. The SMILES string of the molecule is COc1ccc([N+](=O)[O-])cc1NS(=O)(=O)c1ccc(C(=O)NC[C@H](c2ccco2)N(C)C)cc1. The highest BCUT2D eigenvalue weighted by molar-refractivity contribution is 7.92. The minimum absolute atomic E-state index is 0.0776. The Morgan fingerprint density at radius 1 is 1.18 bits per heavy atom. The number of hydrogen-bond acceptors (Lipinski definition) is 8. The van der Waals surface area contributed by atoms with Crippen LogP contribution in [0.5, 0.6) is 5.75 Å². The lowest BCUT2D eigenvalue weighted by molar-refractivity contribution is -0.384. The monoisotopic (exact) mass is 488 g/mol. The Kier molecular flexibility index (Phi) is 7.54. The summed E-state index contributed by atoms with van der Waals surface area (Å²) >= 11 is 0. The van der Waals surface area contributed by atoms with Crippen molar-refractivity contribution < 1.29 is 27.3 Å². The number of amides is 1. The zero-order valence-corrected chi connectivity index (χ0v) is 19.5. The minimum Gasteiger partial charge on any atom is -0.495 e. The third kappa shape index (κ3) is 5.71. The third-order valence-electron chi connectivity index (χ3n) is 5.02. The van der Waals surface area contributed by atoms with E-state index in [1.807, 2.05) is 25.1 Å². The first kappa shape index (κ1) is 24.7. The van der Waals surface area contributed by atoms with Crippen LogP contribution in [0.1, 0.15) is 22.2 Å². The summed E-state index contributed by atoms with van der Waals surface area (Å²) in [4.78, 5) is 24.7. The van der Waals surface area contributed by atoms with Gasteiger partial charge in [0.25, 0.3) is 21.6 Å². The molecular weight excluding hydrogens is 464 g/mol. The predicted molar refractivity (Wildman–Crippen MR) is 124 cm³/mol. The van der Waals surface area contributed by atoms with Gasteiger partial charge < -0.3 is 14.5 Å². The number of anilines is 1. The number of sulfonamides is 1. The van der Waals surface area contributed by atoms with Gasteiger partial charge in [0.2, 0.25) is 0 Å². The largest absolute Gasteiger partial charge is 0.495 e. The molecule has 1 aromatic heterocycles. The van der Waals surface area contributed by atoms with E-state index in [0.717, 1.165) is 6.07 Å². The molecule has 0 bridgehead atoms. The molecule has 0 saturated carbocycles. The summed E-state index contributed by atoms with van der Waals surface area (Å²) in [6, 6.07) is 12.3. The highest BCUT2D eigenvalue weighted by Crippen LogP contribution is 2.31. The molecule has 3 rings (SSSR count). The van der Waals surface area contributed by atoms with E-state index in [-0.39, 0.29) is 46.1 Å². The van der Waals surface area contributed by atoms with Crippen molar-refractivity contribution in [2.45, 2.75) is 10.9 Å². The summed E-state index contributed by atoms with van der Waals surface area (Å²) in [6.07, 6.45) is 1.56. The molecule has 11 nitrogen and oxygen atoms in total. The summed E-state index contributed by atoms with van der Waals surface area (Å²) < 4.78 is 38.4. The number of non-ortho nitro benzene ring substituents is 1. The molecule has 12 heteroatoms. The predicted octanol–water partition coefficient (Wildman–Crippen LogP) is 3.03. The maximum atomic E-state index is 12.8. The number of hydrogen-bond donors (Lipinski definition) is 2. The van der Waals surface area contributed by atoms with Gasteiger partial charge in [-0.15, -0.1) is 0 Å². The van der Waals surface area contributed by atoms with E-state index < -0.39 is 14.9 Å². The summed E-state index contributed by atoms with van der Waals surface area (Å²) in [5.41, 5.74) is -0.105. The Balaban J connectivity index is 1.72. The average molecular weight is 489 g/mol. The smallest absolute Gasteiger partial charge is 0.271 e. The molecule has 2 N–H and O–H groups in total. The molecular formula is C22H24N4O7S. The third-order valence-corrected chi connectivity index (χ3v) is 6.40. The average Bonchev–Trinajstić information content (AvgIpc) is 3.33. The van der Waals surface area contributed by atoms with E-state index >= 15 is 0 Å². The quantitative estimate of drug-likeness (QED) is 0.327. The number of nitrogens with zero attached hydrogens (tertiary/aromatic N) is 2. The van der Waals surface area contributed by atoms with E-state index in [9.17, 15) is 23.3 Å². The highest BCUT2D eigenvalue weighted by atomic mass is 32.2. The van der Waals surface area contributed by atoms with Crippen LogP contribution in [-0.2, 0) is 10.0 Å². The van der Waals surface area contributed by atoms with Crippen LogP contribution in [0.4, 0.5) is 11.4 Å². The number of nitrogens with one attached hydrogen (secondary N) is 2. The van der Waals surface area contributed by atoms with Gasteiger partial charge in [0, 0.05) is 24.2 Å². The van der Waals surface area contributed by atoms with Crippen LogP contribution in [0, 0.1) is 10.1 Å². The topological polar surface area (TPSA) is 144 Å². The van der Waals surface area contributed by atoms with Gasteiger partial charge in [0.1, 0.15) is 11.5 Å². The van der Waals surface area contributed by atoms with Crippen molar-refractivity contribution in [2.24, 2.45) is 0 Å². The fourth-order valence-electron chi connectivity index (χ4n) is 3.19. The second-order valence-corrected chi connectivity index (χ2v) is 9.16. The van der Waals surface area contributed by atoms with Crippen molar-refractivity contribution in [1.29, 1.82) is 0 Å². The number of nitro benzene ring substituents is 1. The Labute approximate surface area is 196 Å². The maximum absolute atomic E-state index is 12.8. The normalized spacial score (nSPS) is 12.2. The molecule has 0 radical (unpaired) electrons. The van der Waals surface area contributed by atoms with Crippen LogP contribution in [0.2, 0.25) is 0 Å². The summed E-state index contributed by atoms with van der Waals surface area (Å²) in [6.45, 7) is 0.285. The molecule has 0 aliphatic heterocycles. The van der Waals surface area contributed by atoms with E-state index in [2.05, 4.69) is 10.0 Å². The minimum atomic E-state index is -4.10. The van der Waals surface area contributed by atoms with Crippen LogP contribution in [0.3, 0.4) is 0 Å². The van der Waals surface area contributed by atoms with Gasteiger partial charge >= 0.3 is 0 Å². The van der Waals surface area contributed by atoms with E-state index in [1.54, 1.807) is 12.3 Å². The summed E-state index contributed by atoms with van der Waals surface area (Å²) in [7, 11) is 0.945. The lowest BCUT2D eigenvalue weighted by Gasteiger charge is -2.22. The van der Waals surface area contributed by atoms with Gasteiger partial charge in [-0.05, 0) is 56.6 Å². The zero-order valence-electron chi connectivity index (χ0n) is 18.7. The second-order valence-electron chi connectivity index (χ2n) is 7.48. The van der Waals surface area contributed by atoms with Crippen molar-refractivity contribution in [3.8, 4) is 5.75 Å². The molecule has 2 aromatic carbocycles. The molecule has 1 atom stereocenters. The Bertz CT molecular complexity index is 1260. The Morgan fingerprint density at radius 3 is 2.44 bits per heavy atom. The number of benzene rings is 2. The number of rotatable bonds is 10. The van der Waals surface area contributed by atoms with Crippen LogP contribution in [0.15, 0.2) is 70.2 Å². The molecule has 180 valence electrons. The fourth-order valence-corrected chi connectivity index (χ4v) is 4.25. The first-order valence-corrected chi connectivity index (χ1v) is 11.5. The van der Waals surface area contributed by atoms with Gasteiger partial charge in [0.15, 0.2) is 0 Å². The van der Waals surface area contributed by atoms with Crippen LogP contribution < -0.4 is 14.8 Å². The number of carbonyl (C=O) groups excluding carboxylic acids is 1. The maximum Gasteiger partial charge on any atom is 0.271 e. The first-order valence-electron chi connectivity index (χ1n) is 10.1. The number of carbonyl (C=O) groups is 1. The molecule has 34 heavy (non-hydrogen) atoms. The van der Waals surface area contributed by atoms with Crippen molar-refractivity contribution >= 4 is 27.3 Å². The first-order chi connectivity index (χ1) is 16.1. The number of ether oxygens (including phenoxy) is 1. The molecule has 1 heterocycles. The number of furan rings is 1. The van der Waals surface area contributed by atoms with Gasteiger partial charge in [-0.25, -0.2) is 8.42 Å². The van der Waals surface area contributed by atoms with Gasteiger partial charge in [-0.2, -0.15) is 0 Å². The molecule has 1 amide bonds. The fraction of sp³-hybridized carbons (Fsp3) is 0.227. The van der Waals surface area contributed by atoms with Crippen molar-refractivity contribution in [3.63, 3.8) is 0 Å². The van der Waals surface area contributed by atoms with Gasteiger partial charge in [-0.1, -0.05) is 0 Å². The van der Waals surface area contributed by atoms with Crippen LogP contribution in [0.25, 0.3) is 0 Å². The van der Waals surface area contributed by atoms with E-state index in [4.69, 9.17) is 9.15 Å². The summed E-state index contributed by atoms with van der Waals surface area (Å²) in [5, 5.41) is 13.8. The van der Waals surface area contributed by atoms with Gasteiger partial charge in [-0.3, -0.25) is 24.5 Å². The van der Waals surface area contributed by atoms with Crippen molar-refractivity contribution in [1.82, 2.24) is 10.2 Å². The van der Waals surface area contributed by atoms with Crippen LogP contribution in [-0.4, -0.2) is 51.9 Å². The number of nitro groups is 1. The molecule has 0 aliphatic carbocycles. The lowest BCUT2D eigenvalue weighted by Crippen LogP contribution is -2.34. The molecule has 0 spiro atoms. The second kappa shape index (κ2) is 10.4. The molecule has 0 unspecified atom stereocenters. The van der Waals surface area contributed by atoms with E-state index in [1.165, 1.54) is 43.5 Å². The lowest BCUT2D eigenvalue weighted by atomic mass is 10.2. The van der Waals surface area contributed by atoms with Crippen LogP contribution >= 0.6 is 0 Å². The Morgan fingerprint density at radius 2 is 1.88 bits per heavy atom. The van der Waals surface area contributed by atoms with Crippen molar-refractivity contribution in [3.05, 3.63) is 82.3 Å². The van der Waals surface area contributed by atoms with Crippen molar-refractivity contribution in [2.75, 3.05) is 32.5 Å². The summed E-state index contributed by atoms with van der Waals surface area (Å²) in [5.74, 6) is 0.447. The highest BCUT2D eigenvalue weighted by Gasteiger charge is 2.21. The Hall–Kier alpha value is -3.90. The number of likely N-dealkylation sites (N-methyl/N-ethyl adjacent to an activating group) is 1. The molecule has 0 aliphatic rings. The standard InChI is InChI=1S/C22H24N4O7S/c1-25(2)19(21-5-4-12-33-21)14-23-22(27)15-6-9-17(10-7-15)34(30,31)24-18-13-16(26(28)29)8-11-20(18)32-3/h4-13,19,24H,14H2,1-3H3,(H,23,27)/t19-/m1/s1.